The summed E-state index contributed by atoms with van der Waals surface area (Å²) in [5.74, 6) is 0.897. The van der Waals surface area contributed by atoms with E-state index in [9.17, 15) is 0 Å². The molecule has 2 aromatic heterocycles. The number of nitrogens with zero attached hydrogens (tertiary/aromatic N) is 6. The van der Waals surface area contributed by atoms with Crippen LogP contribution in [0.1, 0.15) is 6.92 Å². The van der Waals surface area contributed by atoms with Gasteiger partial charge in [0.15, 0.2) is 0 Å². The molecule has 1 fully saturated rings. The second kappa shape index (κ2) is 13.0. The Bertz CT molecular complexity index is 1260. The van der Waals surface area contributed by atoms with Crippen molar-refractivity contribution < 1.29 is 5.11 Å². The normalized spacial score (nSPS) is 14.9. The lowest BCUT2D eigenvalue weighted by Crippen LogP contribution is -2.47. The van der Waals surface area contributed by atoms with E-state index in [0.29, 0.717) is 23.3 Å². The van der Waals surface area contributed by atoms with Gasteiger partial charge in [0, 0.05) is 50.8 Å². The van der Waals surface area contributed by atoms with E-state index >= 15 is 0 Å². The number of allylic oxidation sites excluding steroid dienone is 1. The van der Waals surface area contributed by atoms with Gasteiger partial charge in [-0.2, -0.15) is 4.99 Å². The van der Waals surface area contributed by atoms with Crippen molar-refractivity contribution in [2.24, 2.45) is 9.98 Å². The lowest BCUT2D eigenvalue weighted by atomic mass is 10.2. The molecule has 0 aliphatic carbocycles. The Morgan fingerprint density at radius 2 is 1.89 bits per heavy atom. The molecule has 0 spiro atoms. The van der Waals surface area contributed by atoms with Crippen LogP contribution in [0, 0.1) is 0 Å². The summed E-state index contributed by atoms with van der Waals surface area (Å²) in [5, 5.41) is 16.3. The molecule has 1 aliphatic rings. The Labute approximate surface area is 222 Å². The Kier molecular flexibility index (Phi) is 9.20. The average Bonchev–Trinajstić information content (AvgIpc) is 2.94. The minimum atomic E-state index is 0.181. The van der Waals surface area contributed by atoms with Gasteiger partial charge in [-0.15, -0.1) is 0 Å². The van der Waals surface area contributed by atoms with Crippen LogP contribution < -0.4 is 15.5 Å². The fourth-order valence-corrected chi connectivity index (χ4v) is 4.36. The highest BCUT2D eigenvalue weighted by atomic mass is 35.5. The van der Waals surface area contributed by atoms with E-state index in [2.05, 4.69) is 47.1 Å². The van der Waals surface area contributed by atoms with Crippen LogP contribution in [0.5, 0.6) is 0 Å². The molecule has 10 heteroatoms. The smallest absolute Gasteiger partial charge is 0.228 e. The Balaban J connectivity index is 1.46. The van der Waals surface area contributed by atoms with E-state index in [1.54, 1.807) is 12.4 Å². The maximum Gasteiger partial charge on any atom is 0.228 e. The van der Waals surface area contributed by atoms with E-state index in [-0.39, 0.29) is 6.61 Å². The van der Waals surface area contributed by atoms with Crippen molar-refractivity contribution >= 4 is 41.3 Å². The van der Waals surface area contributed by atoms with Crippen LogP contribution in [0.3, 0.4) is 0 Å². The van der Waals surface area contributed by atoms with Gasteiger partial charge >= 0.3 is 0 Å². The van der Waals surface area contributed by atoms with E-state index in [1.165, 1.54) is 0 Å². The molecule has 1 saturated heterocycles. The van der Waals surface area contributed by atoms with Crippen molar-refractivity contribution in [3.63, 3.8) is 0 Å². The van der Waals surface area contributed by atoms with E-state index in [0.717, 1.165) is 54.6 Å². The van der Waals surface area contributed by atoms with Gasteiger partial charge in [0.25, 0.3) is 0 Å². The zero-order valence-corrected chi connectivity index (χ0v) is 21.6. The number of aliphatic hydroxyl groups is 1. The summed E-state index contributed by atoms with van der Waals surface area (Å²) in [4.78, 5) is 22.1. The fraction of sp³-hybridized carbons (Fsp3) is 0.259. The number of β-amino-alcohol motifs (C(OH)–C–C–N with tert-alkyl or cyclic N) is 1. The SMILES string of the molecule is C=N/C(=N\C(=C/C)Nc1cccnc1-c1ccccn1)Nc1ccc(N2CCN(CCO)CC2)c(Cl)c1. The first-order valence-electron chi connectivity index (χ1n) is 12.1. The molecule has 0 saturated carbocycles. The number of anilines is 3. The summed E-state index contributed by atoms with van der Waals surface area (Å²) < 4.78 is 0. The summed E-state index contributed by atoms with van der Waals surface area (Å²) in [7, 11) is 0. The highest BCUT2D eigenvalue weighted by molar-refractivity contribution is 6.33. The summed E-state index contributed by atoms with van der Waals surface area (Å²) >= 11 is 6.64. The molecule has 1 aromatic carbocycles. The number of halogens is 1. The quantitative estimate of drug-likeness (QED) is 0.301. The highest BCUT2D eigenvalue weighted by Crippen LogP contribution is 2.30. The van der Waals surface area contributed by atoms with Gasteiger partial charge in [0.05, 0.1) is 28.7 Å². The molecule has 9 nitrogen and oxygen atoms in total. The third-order valence-electron chi connectivity index (χ3n) is 5.96. The molecule has 4 rings (SSSR count). The van der Waals surface area contributed by atoms with E-state index in [4.69, 9.17) is 16.7 Å². The number of nitrogens with one attached hydrogen (secondary N) is 2. The first-order valence-corrected chi connectivity index (χ1v) is 12.5. The molecule has 3 N–H and O–H groups in total. The van der Waals surface area contributed by atoms with E-state index in [1.807, 2.05) is 61.5 Å². The number of aromatic nitrogens is 2. The van der Waals surface area contributed by atoms with Gasteiger partial charge < -0.3 is 20.6 Å². The topological polar surface area (TPSA) is 101 Å². The maximum absolute atomic E-state index is 9.15. The van der Waals surface area contributed by atoms with Gasteiger partial charge in [-0.1, -0.05) is 17.7 Å². The van der Waals surface area contributed by atoms with Gasteiger partial charge in [0.1, 0.15) is 11.5 Å². The van der Waals surface area contributed by atoms with Crippen LogP contribution in [0.15, 0.2) is 82.8 Å². The lowest BCUT2D eigenvalue weighted by Gasteiger charge is -2.36. The molecule has 3 aromatic rings. The summed E-state index contributed by atoms with van der Waals surface area (Å²) in [6.07, 6.45) is 5.31. The van der Waals surface area contributed by atoms with Crippen LogP contribution in [-0.2, 0) is 0 Å². The molecule has 0 bridgehead atoms. The van der Waals surface area contributed by atoms with Crippen molar-refractivity contribution in [2.75, 3.05) is 54.9 Å². The summed E-state index contributed by atoms with van der Waals surface area (Å²) in [6, 6.07) is 15.3. The van der Waals surface area contributed by atoms with Gasteiger partial charge in [-0.3, -0.25) is 14.9 Å². The number of aliphatic imine (C=N–C) groups is 2. The summed E-state index contributed by atoms with van der Waals surface area (Å²) in [6.45, 7) is 9.95. The minimum Gasteiger partial charge on any atom is -0.395 e. The molecule has 0 radical (unpaired) electrons. The number of aliphatic hydroxyl groups excluding tert-OH is 1. The third kappa shape index (κ3) is 6.91. The zero-order valence-electron chi connectivity index (χ0n) is 20.8. The number of hydrogen-bond donors (Lipinski definition) is 3. The molecule has 3 heterocycles. The molecule has 192 valence electrons. The molecule has 0 amide bonds. The van der Waals surface area contributed by atoms with E-state index < -0.39 is 0 Å². The molecular weight excluding hydrogens is 488 g/mol. The fourth-order valence-electron chi connectivity index (χ4n) is 4.06. The molecule has 0 unspecified atom stereocenters. The standard InChI is InChI=1S/C27H31ClN8O/c1-3-25(33-23-8-6-12-31-26(23)22-7-4-5-11-30-22)34-27(29-2)32-20-9-10-24(21(28)19-20)36-15-13-35(14-16-36)17-18-37/h3-12,19,33,37H,2,13-18H2,1H3,(H,32,34)/b25-3-. The lowest BCUT2D eigenvalue weighted by molar-refractivity contribution is 0.189. The number of benzene rings is 1. The van der Waals surface area contributed by atoms with Gasteiger partial charge in [-0.25, -0.2) is 4.99 Å². The monoisotopic (exact) mass is 518 g/mol. The number of hydrogen-bond acceptors (Lipinski definition) is 7. The second-order valence-corrected chi connectivity index (χ2v) is 8.76. The van der Waals surface area contributed by atoms with Gasteiger partial charge in [-0.05, 0) is 62.2 Å². The van der Waals surface area contributed by atoms with Crippen molar-refractivity contribution in [1.29, 1.82) is 0 Å². The molecule has 1 aliphatic heterocycles. The largest absolute Gasteiger partial charge is 0.395 e. The minimum absolute atomic E-state index is 0.181. The van der Waals surface area contributed by atoms with Crippen LogP contribution in [0.4, 0.5) is 17.1 Å². The van der Waals surface area contributed by atoms with Crippen molar-refractivity contribution in [3.05, 3.63) is 77.8 Å². The van der Waals surface area contributed by atoms with Crippen molar-refractivity contribution in [2.45, 2.75) is 6.92 Å². The van der Waals surface area contributed by atoms with Crippen LogP contribution >= 0.6 is 11.6 Å². The number of guanidine groups is 1. The predicted octanol–water partition coefficient (Wildman–Crippen LogP) is 4.35. The second-order valence-electron chi connectivity index (χ2n) is 8.35. The van der Waals surface area contributed by atoms with Crippen molar-refractivity contribution in [3.8, 4) is 11.4 Å². The number of rotatable bonds is 8. The number of piperazine rings is 1. The molecule has 37 heavy (non-hydrogen) atoms. The number of pyridine rings is 2. The Morgan fingerprint density at radius 3 is 2.57 bits per heavy atom. The maximum atomic E-state index is 9.15. The third-order valence-corrected chi connectivity index (χ3v) is 6.26. The van der Waals surface area contributed by atoms with Crippen LogP contribution in [0.25, 0.3) is 11.4 Å². The predicted molar refractivity (Wildman–Crippen MR) is 153 cm³/mol. The zero-order chi connectivity index (χ0) is 26.0. The Hall–Kier alpha value is -3.79. The van der Waals surface area contributed by atoms with Crippen LogP contribution in [-0.4, -0.2) is 72.0 Å². The van der Waals surface area contributed by atoms with Crippen LogP contribution in [0.2, 0.25) is 5.02 Å². The Morgan fingerprint density at radius 1 is 1.08 bits per heavy atom. The average molecular weight is 519 g/mol. The first kappa shape index (κ1) is 26.3. The summed E-state index contributed by atoms with van der Waals surface area (Å²) in [5.41, 5.74) is 3.99. The first-order chi connectivity index (χ1) is 18.1. The van der Waals surface area contributed by atoms with Crippen molar-refractivity contribution in [1.82, 2.24) is 14.9 Å². The molecular formula is C27H31ClN8O. The van der Waals surface area contributed by atoms with Gasteiger partial charge in [0.2, 0.25) is 5.96 Å². The highest BCUT2D eigenvalue weighted by Gasteiger charge is 2.19. The molecule has 0 atom stereocenters.